The fourth-order valence-corrected chi connectivity index (χ4v) is 2.65. The molecule has 0 radical (unpaired) electrons. The Balaban J connectivity index is 2.15. The Bertz CT molecular complexity index is 542. The van der Waals surface area contributed by atoms with Crippen LogP contribution in [0.5, 0.6) is 0 Å². The van der Waals surface area contributed by atoms with E-state index in [9.17, 15) is 9.59 Å². The molecule has 0 aliphatic carbocycles. The summed E-state index contributed by atoms with van der Waals surface area (Å²) in [5.41, 5.74) is 0.473. The molecule has 1 unspecified atom stereocenters. The number of hydrogen-bond donors (Lipinski definition) is 0. The molecule has 2 rings (SSSR count). The maximum absolute atomic E-state index is 11.9. The van der Waals surface area contributed by atoms with Crippen molar-refractivity contribution >= 4 is 31.7 Å². The zero-order valence-corrected chi connectivity index (χ0v) is 11.9. The van der Waals surface area contributed by atoms with Gasteiger partial charge in [0.25, 0.3) is 0 Å². The van der Waals surface area contributed by atoms with Gasteiger partial charge < -0.3 is 0 Å². The number of esters is 1. The SMILES string of the molecule is CCOC(=O)C1N=N[Se]C1=NC(=O)c1ccccc1. The van der Waals surface area contributed by atoms with Gasteiger partial charge in [0, 0.05) is 0 Å². The Morgan fingerprint density at radius 2 is 2.11 bits per heavy atom. The molecule has 1 aromatic rings. The van der Waals surface area contributed by atoms with E-state index in [1.165, 1.54) is 0 Å². The number of amides is 1. The first-order chi connectivity index (χ1) is 9.22. The summed E-state index contributed by atoms with van der Waals surface area (Å²) in [5.74, 6) is -0.899. The number of aliphatic imine (C=N–C) groups is 1. The summed E-state index contributed by atoms with van der Waals surface area (Å²) >= 11 is -0.415. The molecule has 6 nitrogen and oxygen atoms in total. The molecule has 0 aromatic heterocycles. The normalized spacial score (nSPS) is 19.6. The number of ether oxygens (including phenoxy) is 1. The molecule has 1 aromatic carbocycles. The van der Waals surface area contributed by atoms with Gasteiger partial charge in [-0.3, -0.25) is 0 Å². The van der Waals surface area contributed by atoms with Crippen LogP contribution in [0.3, 0.4) is 0 Å². The van der Waals surface area contributed by atoms with Crippen molar-refractivity contribution in [1.82, 2.24) is 0 Å². The van der Waals surface area contributed by atoms with E-state index in [1.54, 1.807) is 31.2 Å². The van der Waals surface area contributed by atoms with Gasteiger partial charge in [-0.2, -0.15) is 0 Å². The molecule has 98 valence electrons. The summed E-state index contributed by atoms with van der Waals surface area (Å²) in [7, 11) is 0. The number of carbonyl (C=O) groups is 2. The van der Waals surface area contributed by atoms with Crippen molar-refractivity contribution < 1.29 is 14.3 Å². The topological polar surface area (TPSA) is 80.4 Å². The Morgan fingerprint density at radius 3 is 2.79 bits per heavy atom. The molecule has 1 aliphatic heterocycles. The van der Waals surface area contributed by atoms with E-state index in [4.69, 9.17) is 4.74 Å². The average molecular weight is 324 g/mol. The fourth-order valence-electron chi connectivity index (χ4n) is 1.41. The van der Waals surface area contributed by atoms with E-state index >= 15 is 0 Å². The molecular weight excluding hydrogens is 313 g/mol. The molecule has 1 amide bonds. The van der Waals surface area contributed by atoms with Gasteiger partial charge in [0.15, 0.2) is 0 Å². The average Bonchev–Trinajstić information content (AvgIpc) is 2.88. The molecule has 0 spiro atoms. The van der Waals surface area contributed by atoms with Gasteiger partial charge in [0.05, 0.1) is 0 Å². The van der Waals surface area contributed by atoms with Crippen molar-refractivity contribution in [3.63, 3.8) is 0 Å². The number of benzene rings is 1. The van der Waals surface area contributed by atoms with E-state index in [1.807, 2.05) is 6.07 Å². The van der Waals surface area contributed by atoms with Crippen LogP contribution in [0.1, 0.15) is 17.3 Å². The second-order valence-electron chi connectivity index (χ2n) is 3.56. The molecule has 0 fully saturated rings. The van der Waals surface area contributed by atoms with Gasteiger partial charge in [-0.1, -0.05) is 0 Å². The Labute approximate surface area is 116 Å². The van der Waals surface area contributed by atoms with Crippen LogP contribution in [0.15, 0.2) is 44.6 Å². The van der Waals surface area contributed by atoms with Crippen molar-refractivity contribution in [2.45, 2.75) is 13.0 Å². The van der Waals surface area contributed by atoms with Gasteiger partial charge in [0.1, 0.15) is 0 Å². The van der Waals surface area contributed by atoms with Crippen molar-refractivity contribution in [2.75, 3.05) is 6.61 Å². The first-order valence-corrected chi connectivity index (χ1v) is 7.26. The van der Waals surface area contributed by atoms with Crippen LogP contribution in [-0.2, 0) is 9.53 Å². The van der Waals surface area contributed by atoms with Gasteiger partial charge in [-0.15, -0.1) is 0 Å². The van der Waals surface area contributed by atoms with E-state index in [-0.39, 0.29) is 12.5 Å². The summed E-state index contributed by atoms with van der Waals surface area (Å²) in [6.45, 7) is 1.97. The predicted octanol–water partition coefficient (Wildman–Crippen LogP) is 1.24. The summed E-state index contributed by atoms with van der Waals surface area (Å²) in [6, 6.07) is 7.81. The third-order valence-electron chi connectivity index (χ3n) is 2.27. The van der Waals surface area contributed by atoms with Gasteiger partial charge >= 0.3 is 116 Å². The number of rotatable bonds is 3. The van der Waals surface area contributed by atoms with E-state index < -0.39 is 27.2 Å². The molecule has 0 saturated carbocycles. The zero-order valence-electron chi connectivity index (χ0n) is 10.1. The molecule has 0 N–H and O–H groups in total. The van der Waals surface area contributed by atoms with Crippen LogP contribution in [0.2, 0.25) is 0 Å². The predicted molar refractivity (Wildman–Crippen MR) is 69.2 cm³/mol. The minimum absolute atomic E-state index is 0.262. The maximum atomic E-state index is 11.9. The van der Waals surface area contributed by atoms with Crippen molar-refractivity contribution in [2.24, 2.45) is 14.2 Å². The Hall–Kier alpha value is -1.85. The molecule has 7 heteroatoms. The summed E-state index contributed by atoms with van der Waals surface area (Å²) < 4.78 is 9.06. The molecule has 0 bridgehead atoms. The number of carbonyl (C=O) groups excluding carboxylic acids is 2. The van der Waals surface area contributed by atoms with Crippen molar-refractivity contribution in [1.29, 1.82) is 0 Å². The second-order valence-corrected chi connectivity index (χ2v) is 5.17. The zero-order chi connectivity index (χ0) is 13.7. The first-order valence-electron chi connectivity index (χ1n) is 5.64. The summed E-state index contributed by atoms with van der Waals surface area (Å²) in [6.07, 6.45) is 0. The summed E-state index contributed by atoms with van der Waals surface area (Å²) in [4.78, 5) is 27.5. The monoisotopic (exact) mass is 325 g/mol. The molecule has 19 heavy (non-hydrogen) atoms. The molecular formula is C12H11N3O3Se. The van der Waals surface area contributed by atoms with Crippen molar-refractivity contribution in [3.05, 3.63) is 35.9 Å². The van der Waals surface area contributed by atoms with Crippen LogP contribution in [0.4, 0.5) is 0 Å². The second kappa shape index (κ2) is 6.36. The number of nitrogens with zero attached hydrogens (tertiary/aromatic N) is 3. The fraction of sp³-hybridized carbons (Fsp3) is 0.250. The van der Waals surface area contributed by atoms with E-state index in [0.29, 0.717) is 10.2 Å². The van der Waals surface area contributed by atoms with Gasteiger partial charge in [-0.05, 0) is 0 Å². The quantitative estimate of drug-likeness (QED) is 0.620. The van der Waals surface area contributed by atoms with Gasteiger partial charge in [-0.25, -0.2) is 0 Å². The Kier molecular flexibility index (Phi) is 4.54. The standard InChI is InChI=1S/C12H11N3O3Se/c1-2-18-12(17)9-11(19-15-14-9)13-10(16)8-6-4-3-5-7-8/h3-7,9H,2H2,1H3. The van der Waals surface area contributed by atoms with E-state index in [0.717, 1.165) is 0 Å². The van der Waals surface area contributed by atoms with Gasteiger partial charge in [0.2, 0.25) is 0 Å². The van der Waals surface area contributed by atoms with Crippen LogP contribution < -0.4 is 0 Å². The van der Waals surface area contributed by atoms with Crippen LogP contribution in [0.25, 0.3) is 0 Å². The molecule has 1 heterocycles. The van der Waals surface area contributed by atoms with Crippen molar-refractivity contribution in [3.8, 4) is 0 Å². The van der Waals surface area contributed by atoms with Crippen LogP contribution >= 0.6 is 0 Å². The number of hydrogen-bond acceptors (Lipinski definition) is 5. The van der Waals surface area contributed by atoms with E-state index in [2.05, 4.69) is 14.2 Å². The molecule has 1 atom stereocenters. The Morgan fingerprint density at radius 1 is 1.37 bits per heavy atom. The third-order valence-corrected chi connectivity index (χ3v) is 3.69. The third kappa shape index (κ3) is 3.33. The van der Waals surface area contributed by atoms with Crippen LogP contribution in [0, 0.1) is 0 Å². The minimum atomic E-state index is -0.854. The molecule has 0 saturated heterocycles. The molecule has 1 aliphatic rings. The van der Waals surface area contributed by atoms with Crippen LogP contribution in [-0.4, -0.2) is 44.3 Å². The summed E-state index contributed by atoms with van der Waals surface area (Å²) in [5, 5.41) is 3.78. The first kappa shape index (κ1) is 13.6.